The molecule has 3 rings (SSSR count). The van der Waals surface area contributed by atoms with Gasteiger partial charge in [0, 0.05) is 11.4 Å². The van der Waals surface area contributed by atoms with Crippen molar-refractivity contribution in [1.82, 2.24) is 9.97 Å². The summed E-state index contributed by atoms with van der Waals surface area (Å²) in [4.78, 5) is 32.4. The first-order valence-corrected chi connectivity index (χ1v) is 10.1. The fourth-order valence-corrected chi connectivity index (χ4v) is 2.81. The Labute approximate surface area is 198 Å². The van der Waals surface area contributed by atoms with Crippen molar-refractivity contribution in [3.05, 3.63) is 65.4 Å². The quantitative estimate of drug-likeness (QED) is 0.402. The maximum absolute atomic E-state index is 11.8. The second-order valence-corrected chi connectivity index (χ2v) is 6.74. The van der Waals surface area contributed by atoms with Crippen LogP contribution in [-0.2, 0) is 9.47 Å². The van der Waals surface area contributed by atoms with Crippen LogP contribution in [0.15, 0.2) is 48.5 Å². The van der Waals surface area contributed by atoms with E-state index in [9.17, 15) is 9.59 Å². The first-order valence-electron chi connectivity index (χ1n) is 10.1. The van der Waals surface area contributed by atoms with E-state index in [2.05, 4.69) is 20.6 Å². The normalized spacial score (nSPS) is 10.0. The number of carbonyl (C=O) groups excluding carboxylic acids is 2. The summed E-state index contributed by atoms with van der Waals surface area (Å²) in [6, 6.07) is 13.6. The number of nitrogen functional groups attached to an aromatic ring is 1. The van der Waals surface area contributed by atoms with Crippen LogP contribution in [0.1, 0.15) is 40.3 Å². The lowest BCUT2D eigenvalue weighted by molar-refractivity contribution is 0.0517. The first-order chi connectivity index (χ1) is 15.4. The van der Waals surface area contributed by atoms with Gasteiger partial charge in [-0.05, 0) is 69.3 Å². The van der Waals surface area contributed by atoms with E-state index >= 15 is 0 Å². The number of halogens is 1. The van der Waals surface area contributed by atoms with Crippen LogP contribution in [0.4, 0.5) is 28.8 Å². The Kier molecular flexibility index (Phi) is 8.99. The van der Waals surface area contributed by atoms with Gasteiger partial charge in [0.2, 0.25) is 5.95 Å². The van der Waals surface area contributed by atoms with Crippen molar-refractivity contribution in [2.45, 2.75) is 20.8 Å². The van der Waals surface area contributed by atoms with Crippen LogP contribution in [0, 0.1) is 6.92 Å². The zero-order valence-electron chi connectivity index (χ0n) is 18.5. The second kappa shape index (κ2) is 11.7. The van der Waals surface area contributed by atoms with Gasteiger partial charge in [0.25, 0.3) is 0 Å². The molecule has 3 aromatic rings. The number of ether oxygens (including phenoxy) is 2. The van der Waals surface area contributed by atoms with E-state index in [-0.39, 0.29) is 24.3 Å². The summed E-state index contributed by atoms with van der Waals surface area (Å²) < 4.78 is 9.98. The lowest BCUT2D eigenvalue weighted by Crippen LogP contribution is -2.08. The zero-order chi connectivity index (χ0) is 23.1. The number of hydrogen-bond acceptors (Lipinski definition) is 9. The monoisotopic (exact) mass is 471 g/mol. The van der Waals surface area contributed by atoms with Gasteiger partial charge >= 0.3 is 11.9 Å². The number of nitrogens with two attached hydrogens (primary N) is 1. The van der Waals surface area contributed by atoms with Crippen LogP contribution in [0.3, 0.4) is 0 Å². The van der Waals surface area contributed by atoms with Gasteiger partial charge in [-0.25, -0.2) is 14.6 Å². The van der Waals surface area contributed by atoms with E-state index in [1.54, 1.807) is 69.3 Å². The van der Waals surface area contributed by atoms with Crippen molar-refractivity contribution in [2.75, 3.05) is 29.6 Å². The maximum atomic E-state index is 11.8. The first kappa shape index (κ1) is 25.4. The molecular formula is C23H26ClN5O4. The highest BCUT2D eigenvalue weighted by molar-refractivity contribution is 5.90. The molecule has 2 aromatic carbocycles. The third-order valence-corrected chi connectivity index (χ3v) is 4.45. The highest BCUT2D eigenvalue weighted by Crippen LogP contribution is 2.26. The molecule has 0 aliphatic heterocycles. The zero-order valence-corrected chi connectivity index (χ0v) is 19.4. The molecule has 1 aromatic heterocycles. The van der Waals surface area contributed by atoms with E-state index in [0.29, 0.717) is 58.9 Å². The number of hydrogen-bond donors (Lipinski definition) is 3. The molecule has 0 saturated heterocycles. The van der Waals surface area contributed by atoms with Crippen LogP contribution in [0.25, 0.3) is 0 Å². The minimum absolute atomic E-state index is 0. The van der Waals surface area contributed by atoms with Crippen LogP contribution >= 0.6 is 12.4 Å². The van der Waals surface area contributed by atoms with E-state index in [1.165, 1.54) is 0 Å². The average molecular weight is 472 g/mol. The molecule has 174 valence electrons. The third kappa shape index (κ3) is 6.56. The molecule has 33 heavy (non-hydrogen) atoms. The third-order valence-electron chi connectivity index (χ3n) is 4.45. The molecule has 0 amide bonds. The number of rotatable bonds is 8. The summed E-state index contributed by atoms with van der Waals surface area (Å²) in [5, 5.41) is 6.25. The Morgan fingerprint density at radius 3 is 1.73 bits per heavy atom. The Morgan fingerprint density at radius 2 is 1.27 bits per heavy atom. The molecule has 0 saturated carbocycles. The molecule has 0 unspecified atom stereocenters. The number of esters is 2. The molecule has 9 nitrogen and oxygen atoms in total. The molecule has 4 N–H and O–H groups in total. The number of carbonyl (C=O) groups is 2. The topological polar surface area (TPSA) is 128 Å². The molecule has 0 aliphatic carbocycles. The SMILES string of the molecule is CCOC(=O)c1ccc(Nc2nc(C)c(N)c(Nc3ccc(C(=O)OCC)cc3)n2)cc1.Cl. The average Bonchev–Trinajstić information content (AvgIpc) is 2.78. The summed E-state index contributed by atoms with van der Waals surface area (Å²) >= 11 is 0. The molecule has 1 heterocycles. The van der Waals surface area contributed by atoms with Gasteiger partial charge in [0.05, 0.1) is 35.7 Å². The molecule has 0 bridgehead atoms. The summed E-state index contributed by atoms with van der Waals surface area (Å²) in [5.74, 6) is 0.00857. The highest BCUT2D eigenvalue weighted by atomic mass is 35.5. The minimum atomic E-state index is -0.378. The summed E-state index contributed by atoms with van der Waals surface area (Å²) in [6.45, 7) is 5.93. The van der Waals surface area contributed by atoms with Crippen molar-refractivity contribution >= 4 is 53.2 Å². The van der Waals surface area contributed by atoms with Crippen LogP contribution < -0.4 is 16.4 Å². The van der Waals surface area contributed by atoms with Crippen molar-refractivity contribution in [2.24, 2.45) is 0 Å². The number of benzene rings is 2. The molecule has 0 fully saturated rings. The molecule has 10 heteroatoms. The van der Waals surface area contributed by atoms with E-state index in [1.807, 2.05) is 0 Å². The predicted octanol–water partition coefficient (Wildman–Crippen LogP) is 4.63. The standard InChI is InChI=1S/C23H25N5O4.ClH/c1-4-31-21(29)15-6-10-17(11-7-15)26-20-19(24)14(3)25-23(28-20)27-18-12-8-16(9-13-18)22(30)32-5-2;/h6-13H,4-5,24H2,1-3H3,(H2,25,26,27,28);1H. The van der Waals surface area contributed by atoms with Gasteiger partial charge in [-0.15, -0.1) is 12.4 Å². The number of aromatic nitrogens is 2. The summed E-state index contributed by atoms with van der Waals surface area (Å²) in [6.07, 6.45) is 0. The number of nitrogens with one attached hydrogen (secondary N) is 2. The maximum Gasteiger partial charge on any atom is 0.338 e. The molecular weight excluding hydrogens is 446 g/mol. The number of aryl methyl sites for hydroxylation is 1. The van der Waals surface area contributed by atoms with Gasteiger partial charge in [0.15, 0.2) is 5.82 Å². The van der Waals surface area contributed by atoms with Crippen molar-refractivity contribution in [3.8, 4) is 0 Å². The molecule has 0 radical (unpaired) electrons. The van der Waals surface area contributed by atoms with E-state index < -0.39 is 0 Å². The van der Waals surface area contributed by atoms with E-state index in [4.69, 9.17) is 15.2 Å². The van der Waals surface area contributed by atoms with Crippen molar-refractivity contribution in [3.63, 3.8) is 0 Å². The fourth-order valence-electron chi connectivity index (χ4n) is 2.81. The fraction of sp³-hybridized carbons (Fsp3) is 0.217. The number of anilines is 5. The highest BCUT2D eigenvalue weighted by Gasteiger charge is 2.12. The van der Waals surface area contributed by atoms with Gasteiger partial charge in [-0.1, -0.05) is 0 Å². The largest absolute Gasteiger partial charge is 0.462 e. The van der Waals surface area contributed by atoms with Crippen LogP contribution in [0.2, 0.25) is 0 Å². The van der Waals surface area contributed by atoms with Crippen molar-refractivity contribution < 1.29 is 19.1 Å². The lowest BCUT2D eigenvalue weighted by Gasteiger charge is -2.13. The molecule has 0 atom stereocenters. The predicted molar refractivity (Wildman–Crippen MR) is 130 cm³/mol. The van der Waals surface area contributed by atoms with E-state index in [0.717, 1.165) is 0 Å². The Morgan fingerprint density at radius 1 is 0.818 bits per heavy atom. The number of nitrogens with zero attached hydrogens (tertiary/aromatic N) is 2. The lowest BCUT2D eigenvalue weighted by atomic mass is 10.2. The molecule has 0 aliphatic rings. The Bertz CT molecular complexity index is 1110. The van der Waals surface area contributed by atoms with Gasteiger partial charge in [-0.3, -0.25) is 0 Å². The van der Waals surface area contributed by atoms with Gasteiger partial charge < -0.3 is 25.8 Å². The minimum Gasteiger partial charge on any atom is -0.462 e. The van der Waals surface area contributed by atoms with Crippen LogP contribution in [-0.4, -0.2) is 35.1 Å². The Hall–Kier alpha value is -3.85. The van der Waals surface area contributed by atoms with Gasteiger partial charge in [0.1, 0.15) is 0 Å². The van der Waals surface area contributed by atoms with Crippen molar-refractivity contribution in [1.29, 1.82) is 0 Å². The summed E-state index contributed by atoms with van der Waals surface area (Å²) in [7, 11) is 0. The van der Waals surface area contributed by atoms with Crippen LogP contribution in [0.5, 0.6) is 0 Å². The second-order valence-electron chi connectivity index (χ2n) is 6.74. The smallest absolute Gasteiger partial charge is 0.338 e. The summed E-state index contributed by atoms with van der Waals surface area (Å²) in [5.41, 5.74) is 9.47. The molecule has 0 spiro atoms. The van der Waals surface area contributed by atoms with Gasteiger partial charge in [-0.2, -0.15) is 4.98 Å². The Balaban J connectivity index is 0.00000385.